The number of anilines is 1. The molecule has 1 aliphatic carbocycles. The number of hydrogen-bond acceptors (Lipinski definition) is 5. The molecule has 2 N–H and O–H groups in total. The average Bonchev–Trinajstić information content (AvgIpc) is 3.02. The van der Waals surface area contributed by atoms with E-state index in [1.165, 1.54) is 0 Å². The molecule has 23 heavy (non-hydrogen) atoms. The summed E-state index contributed by atoms with van der Waals surface area (Å²) in [5.41, 5.74) is 10.3. The standard InChI is InChI=1S/C17H11BrN4O/c1-8-11(5-10-3-4-14(18)23-10)15-9(2)13(7-20)17(21)22-16(15)12(8)6-19/h3-5H,1-2H3,(H2,21,22)/b11-5+. The van der Waals surface area contributed by atoms with Crippen LogP contribution >= 0.6 is 15.9 Å². The number of nitriles is 2. The van der Waals surface area contributed by atoms with Gasteiger partial charge in [0.1, 0.15) is 23.7 Å². The highest BCUT2D eigenvalue weighted by Crippen LogP contribution is 2.44. The van der Waals surface area contributed by atoms with E-state index in [0.29, 0.717) is 27.3 Å². The second-order valence-electron chi connectivity index (χ2n) is 5.14. The number of halogens is 1. The topological polar surface area (TPSA) is 99.6 Å². The molecule has 0 spiro atoms. The zero-order valence-electron chi connectivity index (χ0n) is 12.4. The molecule has 0 amide bonds. The first-order chi connectivity index (χ1) is 11.0. The van der Waals surface area contributed by atoms with Crippen LogP contribution in [0.15, 0.2) is 26.8 Å². The summed E-state index contributed by atoms with van der Waals surface area (Å²) in [5.74, 6) is 0.789. The number of rotatable bonds is 1. The van der Waals surface area contributed by atoms with E-state index in [1.54, 1.807) is 6.07 Å². The number of nitrogen functional groups attached to an aromatic ring is 1. The van der Waals surface area contributed by atoms with E-state index >= 15 is 0 Å². The molecule has 0 unspecified atom stereocenters. The van der Waals surface area contributed by atoms with Crippen LogP contribution in [0.5, 0.6) is 0 Å². The number of hydrogen-bond donors (Lipinski definition) is 1. The quantitative estimate of drug-likeness (QED) is 0.820. The molecule has 0 saturated carbocycles. The molecule has 0 radical (unpaired) electrons. The van der Waals surface area contributed by atoms with Crippen LogP contribution in [-0.4, -0.2) is 4.98 Å². The Balaban J connectivity index is 2.34. The maximum absolute atomic E-state index is 9.47. The number of nitrogens with zero attached hydrogens (tertiary/aromatic N) is 3. The van der Waals surface area contributed by atoms with Crippen molar-refractivity contribution in [2.45, 2.75) is 13.8 Å². The number of nitrogens with two attached hydrogens (primary N) is 1. The Bertz CT molecular complexity index is 983. The second kappa shape index (κ2) is 5.42. The summed E-state index contributed by atoms with van der Waals surface area (Å²) in [6.07, 6.45) is 1.84. The van der Waals surface area contributed by atoms with Crippen LogP contribution in [0.1, 0.15) is 35.1 Å². The normalized spacial score (nSPS) is 14.7. The Morgan fingerprint density at radius 2 is 2.00 bits per heavy atom. The van der Waals surface area contributed by atoms with Gasteiger partial charge in [0, 0.05) is 5.56 Å². The van der Waals surface area contributed by atoms with Crippen LogP contribution in [0.25, 0.3) is 17.2 Å². The molecule has 5 nitrogen and oxygen atoms in total. The largest absolute Gasteiger partial charge is 0.450 e. The molecule has 0 fully saturated rings. The first-order valence-electron chi connectivity index (χ1n) is 6.77. The van der Waals surface area contributed by atoms with Gasteiger partial charge in [0.05, 0.1) is 16.8 Å². The molecule has 3 rings (SSSR count). The lowest BCUT2D eigenvalue weighted by molar-refractivity contribution is 0.532. The molecule has 0 aliphatic heterocycles. The minimum atomic E-state index is 0.145. The fraction of sp³-hybridized carbons (Fsp3) is 0.118. The molecule has 0 bridgehead atoms. The van der Waals surface area contributed by atoms with Gasteiger partial charge in [-0.2, -0.15) is 10.5 Å². The molecule has 1 aliphatic rings. The van der Waals surface area contributed by atoms with Gasteiger partial charge in [0.25, 0.3) is 0 Å². The summed E-state index contributed by atoms with van der Waals surface area (Å²) in [6, 6.07) is 7.88. The molecule has 0 saturated heterocycles. The van der Waals surface area contributed by atoms with Crippen LogP contribution in [0.2, 0.25) is 0 Å². The van der Waals surface area contributed by atoms with E-state index in [9.17, 15) is 10.5 Å². The lowest BCUT2D eigenvalue weighted by atomic mass is 9.96. The minimum absolute atomic E-state index is 0.145. The molecule has 0 atom stereocenters. The van der Waals surface area contributed by atoms with E-state index in [2.05, 4.69) is 33.1 Å². The average molecular weight is 367 g/mol. The third-order valence-electron chi connectivity index (χ3n) is 3.86. The number of furan rings is 1. The van der Waals surface area contributed by atoms with Crippen LogP contribution in [0, 0.1) is 29.6 Å². The summed E-state index contributed by atoms with van der Waals surface area (Å²) in [6.45, 7) is 3.67. The Morgan fingerprint density at radius 3 is 2.57 bits per heavy atom. The van der Waals surface area contributed by atoms with Crippen molar-refractivity contribution in [2.24, 2.45) is 0 Å². The van der Waals surface area contributed by atoms with Gasteiger partial charge in [-0.25, -0.2) is 4.98 Å². The Kier molecular flexibility index (Phi) is 3.55. The van der Waals surface area contributed by atoms with Crippen molar-refractivity contribution in [1.29, 1.82) is 10.5 Å². The number of aromatic nitrogens is 1. The zero-order valence-corrected chi connectivity index (χ0v) is 14.0. The van der Waals surface area contributed by atoms with Crippen molar-refractivity contribution in [3.8, 4) is 12.1 Å². The molecular formula is C17H11BrN4O. The van der Waals surface area contributed by atoms with Gasteiger partial charge < -0.3 is 10.2 Å². The van der Waals surface area contributed by atoms with Crippen molar-refractivity contribution in [3.63, 3.8) is 0 Å². The van der Waals surface area contributed by atoms with Crippen molar-refractivity contribution in [2.75, 3.05) is 5.73 Å². The lowest BCUT2D eigenvalue weighted by Crippen LogP contribution is -2.03. The number of allylic oxidation sites excluding steroid dienone is 3. The summed E-state index contributed by atoms with van der Waals surface area (Å²) < 4.78 is 6.14. The van der Waals surface area contributed by atoms with Gasteiger partial charge in [-0.1, -0.05) is 0 Å². The fourth-order valence-corrected chi connectivity index (χ4v) is 3.06. The molecule has 0 aromatic carbocycles. The van der Waals surface area contributed by atoms with Crippen LogP contribution in [-0.2, 0) is 0 Å². The Labute approximate surface area is 141 Å². The van der Waals surface area contributed by atoms with Crippen molar-refractivity contribution >= 4 is 39.0 Å². The lowest BCUT2D eigenvalue weighted by Gasteiger charge is -2.10. The third-order valence-corrected chi connectivity index (χ3v) is 4.29. The van der Waals surface area contributed by atoms with Crippen LogP contribution < -0.4 is 5.73 Å². The minimum Gasteiger partial charge on any atom is -0.450 e. The van der Waals surface area contributed by atoms with E-state index in [0.717, 1.165) is 22.3 Å². The SMILES string of the molecule is CC1=C(C#N)c2nc(N)c(C#N)c(C)c2/C1=C/c1ccc(Br)o1. The van der Waals surface area contributed by atoms with Crippen molar-refractivity contribution < 1.29 is 4.42 Å². The predicted molar refractivity (Wildman–Crippen MR) is 90.6 cm³/mol. The molecule has 2 aromatic heterocycles. The Morgan fingerprint density at radius 1 is 1.26 bits per heavy atom. The van der Waals surface area contributed by atoms with E-state index in [4.69, 9.17) is 10.2 Å². The molecule has 2 aromatic rings. The van der Waals surface area contributed by atoms with Crippen molar-refractivity contribution in [1.82, 2.24) is 4.98 Å². The molecular weight excluding hydrogens is 356 g/mol. The summed E-state index contributed by atoms with van der Waals surface area (Å²) >= 11 is 3.27. The van der Waals surface area contributed by atoms with Crippen molar-refractivity contribution in [3.05, 3.63) is 50.5 Å². The summed E-state index contributed by atoms with van der Waals surface area (Å²) in [7, 11) is 0. The van der Waals surface area contributed by atoms with E-state index in [-0.39, 0.29) is 5.82 Å². The number of fused-ring (bicyclic) bond motifs is 1. The second-order valence-corrected chi connectivity index (χ2v) is 5.93. The Hall–Kier alpha value is -2.83. The highest BCUT2D eigenvalue weighted by molar-refractivity contribution is 9.10. The van der Waals surface area contributed by atoms with Gasteiger partial charge in [-0.15, -0.1) is 0 Å². The van der Waals surface area contributed by atoms with E-state index < -0.39 is 0 Å². The van der Waals surface area contributed by atoms with Gasteiger partial charge in [0.2, 0.25) is 0 Å². The smallest absolute Gasteiger partial charge is 0.169 e. The van der Waals surface area contributed by atoms with Gasteiger partial charge in [-0.3, -0.25) is 0 Å². The molecule has 112 valence electrons. The third kappa shape index (κ3) is 2.25. The fourth-order valence-electron chi connectivity index (χ4n) is 2.74. The highest BCUT2D eigenvalue weighted by atomic mass is 79.9. The van der Waals surface area contributed by atoms with Gasteiger partial charge in [0.15, 0.2) is 4.67 Å². The zero-order chi connectivity index (χ0) is 16.7. The first-order valence-corrected chi connectivity index (χ1v) is 7.56. The molecule has 2 heterocycles. The molecule has 6 heteroatoms. The number of pyridine rings is 1. The summed E-state index contributed by atoms with van der Waals surface area (Å²) in [4.78, 5) is 4.28. The van der Waals surface area contributed by atoms with Crippen LogP contribution in [0.3, 0.4) is 0 Å². The summed E-state index contributed by atoms with van der Waals surface area (Å²) in [5, 5.41) is 18.8. The van der Waals surface area contributed by atoms with Gasteiger partial charge in [-0.05, 0) is 64.7 Å². The monoisotopic (exact) mass is 366 g/mol. The predicted octanol–water partition coefficient (Wildman–Crippen LogP) is 4.05. The van der Waals surface area contributed by atoms with E-state index in [1.807, 2.05) is 26.0 Å². The van der Waals surface area contributed by atoms with Gasteiger partial charge >= 0.3 is 0 Å². The highest BCUT2D eigenvalue weighted by Gasteiger charge is 2.29. The van der Waals surface area contributed by atoms with Crippen LogP contribution in [0.4, 0.5) is 5.82 Å². The maximum atomic E-state index is 9.47. The first kappa shape index (κ1) is 15.1. The maximum Gasteiger partial charge on any atom is 0.169 e.